The smallest absolute Gasteiger partial charge is 0.312 e. The first kappa shape index (κ1) is 12.7. The average molecular weight is 265 g/mol. The first-order chi connectivity index (χ1) is 8.98. The molecule has 4 atom stereocenters. The number of methoxy groups -OCH3 is 1. The van der Waals surface area contributed by atoms with Crippen molar-refractivity contribution in [1.29, 1.82) is 0 Å². The van der Waals surface area contributed by atoms with Crippen LogP contribution >= 0.6 is 0 Å². The first-order valence-corrected chi connectivity index (χ1v) is 6.72. The van der Waals surface area contributed by atoms with Gasteiger partial charge in [-0.25, -0.2) is 0 Å². The number of ether oxygens (including phenoxy) is 2. The fraction of sp³-hybridized carbons (Fsp3) is 0.714. The molecule has 3 aliphatic heterocycles. The van der Waals surface area contributed by atoms with E-state index in [9.17, 15) is 9.59 Å². The molecular weight excluding hydrogens is 246 g/mol. The summed E-state index contributed by atoms with van der Waals surface area (Å²) in [6.45, 7) is 5.40. The molecule has 19 heavy (non-hydrogen) atoms. The molecule has 3 heterocycles. The van der Waals surface area contributed by atoms with Gasteiger partial charge in [-0.3, -0.25) is 9.59 Å². The van der Waals surface area contributed by atoms with Crippen molar-refractivity contribution in [3.63, 3.8) is 0 Å². The highest BCUT2D eigenvalue weighted by Crippen LogP contribution is 2.52. The van der Waals surface area contributed by atoms with E-state index < -0.39 is 17.4 Å². The third-order valence-corrected chi connectivity index (χ3v) is 4.24. The van der Waals surface area contributed by atoms with Crippen molar-refractivity contribution in [2.75, 3.05) is 20.2 Å². The van der Waals surface area contributed by atoms with Gasteiger partial charge in [0.15, 0.2) is 0 Å². The number of likely N-dealkylation sites (tertiary alicyclic amines) is 1. The maximum atomic E-state index is 12.5. The van der Waals surface area contributed by atoms with E-state index in [0.29, 0.717) is 19.0 Å². The zero-order valence-corrected chi connectivity index (χ0v) is 11.5. The minimum atomic E-state index is -0.602. The van der Waals surface area contributed by atoms with E-state index in [1.54, 1.807) is 0 Å². The molecule has 5 nitrogen and oxygen atoms in total. The molecule has 0 unspecified atom stereocenters. The number of hydrogen-bond donors (Lipinski definition) is 0. The van der Waals surface area contributed by atoms with Crippen molar-refractivity contribution in [3.8, 4) is 0 Å². The van der Waals surface area contributed by atoms with Gasteiger partial charge >= 0.3 is 5.97 Å². The van der Waals surface area contributed by atoms with E-state index in [2.05, 4.69) is 13.8 Å². The van der Waals surface area contributed by atoms with E-state index in [1.807, 2.05) is 17.1 Å². The number of rotatable bonds is 3. The van der Waals surface area contributed by atoms with E-state index in [-0.39, 0.29) is 18.0 Å². The fourth-order valence-corrected chi connectivity index (χ4v) is 3.58. The van der Waals surface area contributed by atoms with Crippen LogP contribution in [0.25, 0.3) is 0 Å². The molecule has 0 saturated carbocycles. The van der Waals surface area contributed by atoms with Crippen LogP contribution in [0.15, 0.2) is 12.2 Å². The number of fused-ring (bicyclic) bond motifs is 1. The van der Waals surface area contributed by atoms with Gasteiger partial charge in [0.1, 0.15) is 11.5 Å². The second-order valence-electron chi connectivity index (χ2n) is 6.04. The summed E-state index contributed by atoms with van der Waals surface area (Å²) in [6.07, 6.45) is 3.55. The third kappa shape index (κ3) is 1.64. The van der Waals surface area contributed by atoms with Gasteiger partial charge in [0, 0.05) is 6.54 Å². The molecule has 2 saturated heterocycles. The minimum absolute atomic E-state index is 0.0240. The maximum Gasteiger partial charge on any atom is 0.312 e. The van der Waals surface area contributed by atoms with Gasteiger partial charge in [0.2, 0.25) is 5.91 Å². The van der Waals surface area contributed by atoms with Crippen LogP contribution in [0.3, 0.4) is 0 Å². The standard InChI is InChI=1S/C14H19NO4/c1-8(2)6-15-7-14-5-4-9(19-14)10(13(17)18-3)11(14)12(15)16/h4-5,8-11H,6-7H2,1-3H3/t9-,10+,11-,14-/m1/s1. The van der Waals surface area contributed by atoms with Crippen LogP contribution in [0.4, 0.5) is 0 Å². The summed E-state index contributed by atoms with van der Waals surface area (Å²) in [5.41, 5.74) is -0.602. The summed E-state index contributed by atoms with van der Waals surface area (Å²) in [6, 6.07) is 0. The summed E-state index contributed by atoms with van der Waals surface area (Å²) < 4.78 is 10.8. The molecule has 104 valence electrons. The molecule has 0 radical (unpaired) electrons. The quantitative estimate of drug-likeness (QED) is 0.554. The number of nitrogens with zero attached hydrogens (tertiary/aromatic N) is 1. The van der Waals surface area contributed by atoms with Crippen LogP contribution in [0.2, 0.25) is 0 Å². The normalized spacial score (nSPS) is 39.3. The lowest BCUT2D eigenvalue weighted by Gasteiger charge is -2.22. The number of esters is 1. The van der Waals surface area contributed by atoms with Crippen molar-refractivity contribution in [2.45, 2.75) is 25.6 Å². The average Bonchev–Trinajstić information content (AvgIpc) is 2.97. The number of carbonyl (C=O) groups excluding carboxylic acids is 2. The molecule has 3 rings (SSSR count). The third-order valence-electron chi connectivity index (χ3n) is 4.24. The first-order valence-electron chi connectivity index (χ1n) is 6.72. The van der Waals surface area contributed by atoms with Gasteiger partial charge in [-0.1, -0.05) is 26.0 Å². The largest absolute Gasteiger partial charge is 0.469 e. The Balaban J connectivity index is 1.90. The Labute approximate surface area is 112 Å². The van der Waals surface area contributed by atoms with Gasteiger partial charge in [-0.2, -0.15) is 0 Å². The van der Waals surface area contributed by atoms with E-state index in [0.717, 1.165) is 0 Å². The van der Waals surface area contributed by atoms with Crippen molar-refractivity contribution in [2.24, 2.45) is 17.8 Å². The van der Waals surface area contributed by atoms with Gasteiger partial charge < -0.3 is 14.4 Å². The van der Waals surface area contributed by atoms with Crippen molar-refractivity contribution >= 4 is 11.9 Å². The van der Waals surface area contributed by atoms with Crippen molar-refractivity contribution in [1.82, 2.24) is 4.90 Å². The molecule has 1 amide bonds. The fourth-order valence-electron chi connectivity index (χ4n) is 3.58. The number of amides is 1. The molecule has 0 aromatic rings. The van der Waals surface area contributed by atoms with Gasteiger partial charge in [-0.05, 0) is 5.92 Å². The molecule has 2 bridgehead atoms. The van der Waals surface area contributed by atoms with Gasteiger partial charge in [0.05, 0.1) is 25.7 Å². The molecule has 0 aliphatic carbocycles. The Morgan fingerprint density at radius 1 is 1.63 bits per heavy atom. The lowest BCUT2D eigenvalue weighted by Crippen LogP contribution is -2.39. The highest BCUT2D eigenvalue weighted by Gasteiger charge is 2.67. The van der Waals surface area contributed by atoms with E-state index >= 15 is 0 Å². The highest BCUT2D eigenvalue weighted by molar-refractivity contribution is 5.91. The van der Waals surface area contributed by atoms with Crippen LogP contribution in [0.1, 0.15) is 13.8 Å². The summed E-state index contributed by atoms with van der Waals surface area (Å²) in [7, 11) is 1.36. The number of carbonyl (C=O) groups is 2. The summed E-state index contributed by atoms with van der Waals surface area (Å²) >= 11 is 0. The van der Waals surface area contributed by atoms with Gasteiger partial charge in [0.25, 0.3) is 0 Å². The molecule has 3 aliphatic rings. The van der Waals surface area contributed by atoms with Crippen LogP contribution in [0.5, 0.6) is 0 Å². The molecule has 0 aromatic heterocycles. The Kier molecular flexibility index (Phi) is 2.71. The summed E-state index contributed by atoms with van der Waals surface area (Å²) in [4.78, 5) is 26.3. The Morgan fingerprint density at radius 2 is 2.37 bits per heavy atom. The lowest BCUT2D eigenvalue weighted by molar-refractivity contribution is -0.151. The predicted molar refractivity (Wildman–Crippen MR) is 67.2 cm³/mol. The summed E-state index contributed by atoms with van der Waals surface area (Å²) in [5, 5.41) is 0. The minimum Gasteiger partial charge on any atom is -0.469 e. The molecule has 0 aromatic carbocycles. The second-order valence-corrected chi connectivity index (χ2v) is 6.04. The zero-order valence-electron chi connectivity index (χ0n) is 11.5. The van der Waals surface area contributed by atoms with Crippen molar-refractivity contribution < 1.29 is 19.1 Å². The SMILES string of the molecule is COC(=O)[C@H]1[C@H]2C=C[C@]3(CN(CC(C)C)C(=O)[C@@H]13)O2. The lowest BCUT2D eigenvalue weighted by atomic mass is 9.77. The molecule has 5 heteroatoms. The highest BCUT2D eigenvalue weighted by atomic mass is 16.5. The molecule has 2 fully saturated rings. The predicted octanol–water partition coefficient (Wildman–Crippen LogP) is 0.597. The van der Waals surface area contributed by atoms with E-state index in [1.165, 1.54) is 7.11 Å². The molecule has 0 N–H and O–H groups in total. The van der Waals surface area contributed by atoms with E-state index in [4.69, 9.17) is 9.47 Å². The van der Waals surface area contributed by atoms with Crippen molar-refractivity contribution in [3.05, 3.63) is 12.2 Å². The zero-order chi connectivity index (χ0) is 13.8. The molecule has 1 spiro atoms. The Bertz CT molecular complexity index is 458. The van der Waals surface area contributed by atoms with Gasteiger partial charge in [-0.15, -0.1) is 0 Å². The van der Waals surface area contributed by atoms with Crippen LogP contribution in [-0.4, -0.2) is 48.7 Å². The Hall–Kier alpha value is -1.36. The maximum absolute atomic E-state index is 12.5. The summed E-state index contributed by atoms with van der Waals surface area (Å²) in [5.74, 6) is -0.817. The topological polar surface area (TPSA) is 55.8 Å². The second kappa shape index (κ2) is 4.07. The Morgan fingerprint density at radius 3 is 3.00 bits per heavy atom. The van der Waals surface area contributed by atoms with Crippen LogP contribution in [0, 0.1) is 17.8 Å². The number of hydrogen-bond acceptors (Lipinski definition) is 4. The molecular formula is C14H19NO4. The van der Waals surface area contributed by atoms with Crippen LogP contribution in [-0.2, 0) is 19.1 Å². The monoisotopic (exact) mass is 265 g/mol. The van der Waals surface area contributed by atoms with Crippen LogP contribution < -0.4 is 0 Å².